The molecule has 0 aromatic heterocycles. The lowest BCUT2D eigenvalue weighted by Gasteiger charge is -2.29. The van der Waals surface area contributed by atoms with Gasteiger partial charge in [-0.25, -0.2) is 0 Å². The van der Waals surface area contributed by atoms with E-state index in [1.54, 1.807) is 24.3 Å². The molecule has 0 radical (unpaired) electrons. The smallest absolute Gasteiger partial charge is 0.265 e. The summed E-state index contributed by atoms with van der Waals surface area (Å²) in [7, 11) is 0. The van der Waals surface area contributed by atoms with Crippen LogP contribution in [0.25, 0.3) is 0 Å². The quantitative estimate of drug-likeness (QED) is 0.713. The van der Waals surface area contributed by atoms with E-state index in [1.165, 1.54) is 4.90 Å². The van der Waals surface area contributed by atoms with Crippen LogP contribution in [-0.4, -0.2) is 25.0 Å². The Bertz CT molecular complexity index is 1030. The molecule has 1 N–H and O–H groups in total. The first-order chi connectivity index (χ1) is 14.1. The molecule has 0 aliphatic carbocycles. The van der Waals surface area contributed by atoms with E-state index in [0.717, 1.165) is 11.3 Å². The standard InChI is InChI=1S/C23H20N2O4/c1-16-7-12-21-20(13-16)25(23(27)15-28-21)14-22(26)24-17-8-10-19(11-9-17)29-18-5-3-2-4-6-18/h2-13H,14-15H2,1H3,(H,24,26). The molecule has 0 saturated carbocycles. The molecule has 0 fully saturated rings. The van der Waals surface area contributed by atoms with Gasteiger partial charge in [-0.15, -0.1) is 0 Å². The van der Waals surface area contributed by atoms with E-state index in [4.69, 9.17) is 9.47 Å². The lowest BCUT2D eigenvalue weighted by Crippen LogP contribution is -2.43. The van der Waals surface area contributed by atoms with Crippen molar-refractivity contribution >= 4 is 23.2 Å². The number of ether oxygens (including phenoxy) is 2. The highest BCUT2D eigenvalue weighted by Crippen LogP contribution is 2.32. The Morgan fingerprint density at radius 3 is 2.52 bits per heavy atom. The highest BCUT2D eigenvalue weighted by atomic mass is 16.5. The summed E-state index contributed by atoms with van der Waals surface area (Å²) in [5.74, 6) is 1.48. The van der Waals surface area contributed by atoms with E-state index in [2.05, 4.69) is 5.32 Å². The van der Waals surface area contributed by atoms with Gasteiger partial charge >= 0.3 is 0 Å². The SMILES string of the molecule is Cc1ccc2c(c1)N(CC(=O)Nc1ccc(Oc3ccccc3)cc1)C(=O)CO2. The van der Waals surface area contributed by atoms with Crippen LogP contribution < -0.4 is 19.7 Å². The van der Waals surface area contributed by atoms with Crippen molar-refractivity contribution < 1.29 is 19.1 Å². The molecule has 3 aromatic rings. The summed E-state index contributed by atoms with van der Waals surface area (Å²) in [6.07, 6.45) is 0. The molecule has 3 aromatic carbocycles. The maximum Gasteiger partial charge on any atom is 0.265 e. The fourth-order valence-corrected chi connectivity index (χ4v) is 3.06. The Labute approximate surface area is 168 Å². The lowest BCUT2D eigenvalue weighted by atomic mass is 10.1. The zero-order chi connectivity index (χ0) is 20.2. The number of anilines is 2. The summed E-state index contributed by atoms with van der Waals surface area (Å²) in [6, 6.07) is 22.1. The van der Waals surface area contributed by atoms with Gasteiger partial charge < -0.3 is 14.8 Å². The fourth-order valence-electron chi connectivity index (χ4n) is 3.06. The molecule has 146 valence electrons. The molecular weight excluding hydrogens is 368 g/mol. The molecule has 0 saturated heterocycles. The fraction of sp³-hybridized carbons (Fsp3) is 0.130. The summed E-state index contributed by atoms with van der Waals surface area (Å²) >= 11 is 0. The number of aryl methyl sites for hydroxylation is 1. The molecule has 0 atom stereocenters. The number of rotatable bonds is 5. The van der Waals surface area contributed by atoms with Gasteiger partial charge in [0.25, 0.3) is 5.91 Å². The van der Waals surface area contributed by atoms with Crippen LogP contribution in [0, 0.1) is 6.92 Å². The van der Waals surface area contributed by atoms with Crippen LogP contribution >= 0.6 is 0 Å². The lowest BCUT2D eigenvalue weighted by molar-refractivity contribution is -0.123. The first-order valence-electron chi connectivity index (χ1n) is 9.25. The van der Waals surface area contributed by atoms with Crippen LogP contribution in [0.4, 0.5) is 11.4 Å². The van der Waals surface area contributed by atoms with E-state index < -0.39 is 0 Å². The number of hydrogen-bond donors (Lipinski definition) is 1. The Morgan fingerprint density at radius 2 is 1.76 bits per heavy atom. The second-order valence-electron chi connectivity index (χ2n) is 6.73. The molecule has 6 heteroatoms. The van der Waals surface area contributed by atoms with Crippen molar-refractivity contribution in [2.45, 2.75) is 6.92 Å². The zero-order valence-corrected chi connectivity index (χ0v) is 15.9. The first kappa shape index (κ1) is 18.6. The number of nitrogens with zero attached hydrogens (tertiary/aromatic N) is 1. The van der Waals surface area contributed by atoms with Gasteiger partial charge in [-0.3, -0.25) is 14.5 Å². The minimum absolute atomic E-state index is 0.0745. The number of carbonyl (C=O) groups is 2. The van der Waals surface area contributed by atoms with Crippen LogP contribution in [-0.2, 0) is 9.59 Å². The summed E-state index contributed by atoms with van der Waals surface area (Å²) in [6.45, 7) is 1.77. The molecule has 0 spiro atoms. The Kier molecular flexibility index (Phi) is 5.16. The molecule has 29 heavy (non-hydrogen) atoms. The molecule has 1 aliphatic rings. The average Bonchev–Trinajstić information content (AvgIpc) is 2.72. The van der Waals surface area contributed by atoms with Crippen LogP contribution in [0.15, 0.2) is 72.8 Å². The van der Waals surface area contributed by atoms with Crippen molar-refractivity contribution in [3.63, 3.8) is 0 Å². The van der Waals surface area contributed by atoms with Gasteiger partial charge in [-0.2, -0.15) is 0 Å². The van der Waals surface area contributed by atoms with Crippen molar-refractivity contribution in [3.05, 3.63) is 78.4 Å². The topological polar surface area (TPSA) is 67.9 Å². The number of hydrogen-bond acceptors (Lipinski definition) is 4. The highest BCUT2D eigenvalue weighted by Gasteiger charge is 2.27. The Morgan fingerprint density at radius 1 is 1.03 bits per heavy atom. The number of nitrogens with one attached hydrogen (secondary N) is 1. The molecule has 4 rings (SSSR count). The maximum atomic E-state index is 12.5. The van der Waals surface area contributed by atoms with Gasteiger partial charge in [0, 0.05) is 5.69 Å². The number of fused-ring (bicyclic) bond motifs is 1. The average molecular weight is 388 g/mol. The normalized spacial score (nSPS) is 12.7. The summed E-state index contributed by atoms with van der Waals surface area (Å²) in [5, 5.41) is 2.82. The van der Waals surface area contributed by atoms with Gasteiger partial charge in [0.1, 0.15) is 23.8 Å². The monoisotopic (exact) mass is 388 g/mol. The maximum absolute atomic E-state index is 12.5. The van der Waals surface area contributed by atoms with E-state index in [9.17, 15) is 9.59 Å². The largest absolute Gasteiger partial charge is 0.482 e. The van der Waals surface area contributed by atoms with Gasteiger partial charge in [0.05, 0.1) is 5.69 Å². The molecule has 1 heterocycles. The zero-order valence-electron chi connectivity index (χ0n) is 15.9. The van der Waals surface area contributed by atoms with Crippen LogP contribution in [0.3, 0.4) is 0 Å². The number of amides is 2. The first-order valence-corrected chi connectivity index (χ1v) is 9.25. The van der Waals surface area contributed by atoms with Crippen LogP contribution in [0.1, 0.15) is 5.56 Å². The summed E-state index contributed by atoms with van der Waals surface area (Å²) < 4.78 is 11.2. The van der Waals surface area contributed by atoms with Crippen LogP contribution in [0.2, 0.25) is 0 Å². The molecule has 2 amide bonds. The summed E-state index contributed by atoms with van der Waals surface area (Å²) in [4.78, 5) is 26.3. The minimum atomic E-state index is -0.288. The van der Waals surface area contributed by atoms with Gasteiger partial charge in [-0.05, 0) is 61.0 Å². The Balaban J connectivity index is 1.41. The van der Waals surface area contributed by atoms with Crippen molar-refractivity contribution in [2.24, 2.45) is 0 Å². The van der Waals surface area contributed by atoms with Crippen molar-refractivity contribution in [3.8, 4) is 17.2 Å². The number of para-hydroxylation sites is 1. The summed E-state index contributed by atoms with van der Waals surface area (Å²) in [5.41, 5.74) is 2.23. The van der Waals surface area contributed by atoms with Crippen LogP contribution in [0.5, 0.6) is 17.2 Å². The third-order valence-corrected chi connectivity index (χ3v) is 4.48. The molecule has 0 unspecified atom stereocenters. The second kappa shape index (κ2) is 8.06. The van der Waals surface area contributed by atoms with Gasteiger partial charge in [0.15, 0.2) is 6.61 Å². The molecule has 0 bridgehead atoms. The van der Waals surface area contributed by atoms with Crippen molar-refractivity contribution in [1.82, 2.24) is 0 Å². The van der Waals surface area contributed by atoms with E-state index in [1.807, 2.05) is 55.5 Å². The van der Waals surface area contributed by atoms with Crippen molar-refractivity contribution in [2.75, 3.05) is 23.4 Å². The van der Waals surface area contributed by atoms with E-state index in [0.29, 0.717) is 22.9 Å². The Hall–Kier alpha value is -3.80. The van der Waals surface area contributed by atoms with E-state index >= 15 is 0 Å². The number of benzene rings is 3. The minimum Gasteiger partial charge on any atom is -0.482 e. The van der Waals surface area contributed by atoms with Gasteiger partial charge in [0.2, 0.25) is 5.91 Å². The number of carbonyl (C=O) groups excluding carboxylic acids is 2. The van der Waals surface area contributed by atoms with Gasteiger partial charge in [-0.1, -0.05) is 24.3 Å². The third kappa shape index (κ3) is 4.38. The highest BCUT2D eigenvalue weighted by molar-refractivity contribution is 6.05. The molecule has 1 aliphatic heterocycles. The third-order valence-electron chi connectivity index (χ3n) is 4.48. The van der Waals surface area contributed by atoms with E-state index in [-0.39, 0.29) is 25.0 Å². The molecule has 6 nitrogen and oxygen atoms in total. The second-order valence-corrected chi connectivity index (χ2v) is 6.73. The predicted molar refractivity (Wildman–Crippen MR) is 111 cm³/mol. The van der Waals surface area contributed by atoms with Crippen molar-refractivity contribution in [1.29, 1.82) is 0 Å². The predicted octanol–water partition coefficient (Wildman–Crippen LogP) is 4.15. The molecular formula is C23H20N2O4.